The van der Waals surface area contributed by atoms with Crippen molar-refractivity contribution in [3.8, 4) is 0 Å². The lowest BCUT2D eigenvalue weighted by Gasteiger charge is -2.18. The summed E-state index contributed by atoms with van der Waals surface area (Å²) in [5.41, 5.74) is 0.427. The van der Waals surface area contributed by atoms with Crippen molar-refractivity contribution in [3.05, 3.63) is 35.4 Å². The summed E-state index contributed by atoms with van der Waals surface area (Å²) in [4.78, 5) is 0. The Hall–Kier alpha value is -0.960. The Morgan fingerprint density at radius 2 is 1.88 bits per heavy atom. The number of hydrogen-bond donors (Lipinski definition) is 1. The van der Waals surface area contributed by atoms with Gasteiger partial charge in [0.25, 0.3) is 0 Å². The van der Waals surface area contributed by atoms with E-state index in [-0.39, 0.29) is 6.04 Å². The highest BCUT2D eigenvalue weighted by molar-refractivity contribution is 5.22. The van der Waals surface area contributed by atoms with Crippen molar-refractivity contribution >= 4 is 0 Å². The molecule has 1 aromatic rings. The topological polar surface area (TPSA) is 12.0 Å². The number of nitrogens with one attached hydrogen (secondary N) is 1. The maximum Gasteiger partial charge on any atom is 0.163 e. The minimum atomic E-state index is -0.772. The highest BCUT2D eigenvalue weighted by atomic mass is 19.2. The van der Waals surface area contributed by atoms with Crippen LogP contribution in [0, 0.1) is 17.6 Å². The van der Waals surface area contributed by atoms with Gasteiger partial charge in [-0.25, -0.2) is 8.78 Å². The first-order valence-electron chi connectivity index (χ1n) is 6.17. The SMILES string of the molecule is CNC(CCCC(C)C)c1cccc(F)c1F. The zero-order valence-electron chi connectivity index (χ0n) is 10.8. The lowest BCUT2D eigenvalue weighted by atomic mass is 9.97. The van der Waals surface area contributed by atoms with Crippen molar-refractivity contribution in [1.82, 2.24) is 5.32 Å². The largest absolute Gasteiger partial charge is 0.313 e. The average molecular weight is 241 g/mol. The zero-order valence-corrected chi connectivity index (χ0v) is 10.8. The molecule has 96 valence electrons. The lowest BCUT2D eigenvalue weighted by molar-refractivity contribution is 0.438. The molecule has 17 heavy (non-hydrogen) atoms. The van der Waals surface area contributed by atoms with Gasteiger partial charge in [0, 0.05) is 11.6 Å². The van der Waals surface area contributed by atoms with Gasteiger partial charge in [-0.3, -0.25) is 0 Å². The molecule has 1 nitrogen and oxygen atoms in total. The molecule has 0 fully saturated rings. The highest BCUT2D eigenvalue weighted by Gasteiger charge is 2.16. The summed E-state index contributed by atoms with van der Waals surface area (Å²) in [6.45, 7) is 4.33. The van der Waals surface area contributed by atoms with Crippen molar-refractivity contribution in [2.75, 3.05) is 7.05 Å². The van der Waals surface area contributed by atoms with Crippen LogP contribution in [0.5, 0.6) is 0 Å². The normalized spacial score (nSPS) is 13.1. The second kappa shape index (κ2) is 6.70. The fourth-order valence-corrected chi connectivity index (χ4v) is 1.98. The van der Waals surface area contributed by atoms with E-state index in [9.17, 15) is 8.78 Å². The summed E-state index contributed by atoms with van der Waals surface area (Å²) in [5.74, 6) is -0.854. The Bertz CT molecular complexity index is 350. The van der Waals surface area contributed by atoms with E-state index in [0.717, 1.165) is 25.3 Å². The molecular weight excluding hydrogens is 220 g/mol. The molecule has 0 aliphatic carbocycles. The molecule has 0 saturated heterocycles. The number of hydrogen-bond acceptors (Lipinski definition) is 1. The molecule has 1 N–H and O–H groups in total. The van der Waals surface area contributed by atoms with Gasteiger partial charge in [-0.05, 0) is 25.5 Å². The minimum Gasteiger partial charge on any atom is -0.313 e. The Morgan fingerprint density at radius 1 is 1.18 bits per heavy atom. The van der Waals surface area contributed by atoms with Crippen LogP contribution < -0.4 is 5.32 Å². The van der Waals surface area contributed by atoms with E-state index in [1.807, 2.05) is 0 Å². The summed E-state index contributed by atoms with van der Waals surface area (Å²) < 4.78 is 26.7. The van der Waals surface area contributed by atoms with E-state index < -0.39 is 11.6 Å². The Balaban J connectivity index is 2.69. The molecule has 3 heteroatoms. The molecule has 0 aliphatic rings. The predicted molar refractivity (Wildman–Crippen MR) is 66.8 cm³/mol. The van der Waals surface area contributed by atoms with Gasteiger partial charge in [-0.15, -0.1) is 0 Å². The molecule has 1 aromatic carbocycles. The fourth-order valence-electron chi connectivity index (χ4n) is 1.98. The lowest BCUT2D eigenvalue weighted by Crippen LogP contribution is -2.18. The molecule has 1 rings (SSSR count). The second-order valence-electron chi connectivity index (χ2n) is 4.81. The van der Waals surface area contributed by atoms with Gasteiger partial charge < -0.3 is 5.32 Å². The summed E-state index contributed by atoms with van der Waals surface area (Å²) in [5, 5.41) is 3.05. The average Bonchev–Trinajstić information content (AvgIpc) is 2.28. The summed E-state index contributed by atoms with van der Waals surface area (Å²) in [7, 11) is 1.78. The van der Waals surface area contributed by atoms with Crippen molar-refractivity contribution in [1.29, 1.82) is 0 Å². The van der Waals surface area contributed by atoms with Crippen LogP contribution >= 0.6 is 0 Å². The first-order valence-corrected chi connectivity index (χ1v) is 6.17. The van der Waals surface area contributed by atoms with Gasteiger partial charge in [0.1, 0.15) is 0 Å². The van der Waals surface area contributed by atoms with Crippen molar-refractivity contribution in [2.24, 2.45) is 5.92 Å². The third-order valence-corrected chi connectivity index (χ3v) is 2.98. The summed E-state index contributed by atoms with van der Waals surface area (Å²) in [6, 6.07) is 4.25. The van der Waals surface area contributed by atoms with E-state index in [4.69, 9.17) is 0 Å². The Morgan fingerprint density at radius 3 is 2.47 bits per heavy atom. The van der Waals surface area contributed by atoms with E-state index >= 15 is 0 Å². The molecular formula is C14H21F2N. The molecule has 0 spiro atoms. The van der Waals surface area contributed by atoms with Crippen molar-refractivity contribution < 1.29 is 8.78 Å². The fraction of sp³-hybridized carbons (Fsp3) is 0.571. The molecule has 0 radical (unpaired) electrons. The smallest absolute Gasteiger partial charge is 0.163 e. The molecule has 0 saturated carbocycles. The van der Waals surface area contributed by atoms with Gasteiger partial charge in [-0.1, -0.05) is 38.8 Å². The highest BCUT2D eigenvalue weighted by Crippen LogP contribution is 2.24. The maximum atomic E-state index is 13.6. The van der Waals surface area contributed by atoms with E-state index in [0.29, 0.717) is 11.5 Å². The van der Waals surface area contributed by atoms with Gasteiger partial charge in [0.15, 0.2) is 11.6 Å². The van der Waals surface area contributed by atoms with Crippen LogP contribution in [0.1, 0.15) is 44.7 Å². The van der Waals surface area contributed by atoms with Crippen LogP contribution in [0.2, 0.25) is 0 Å². The van der Waals surface area contributed by atoms with Gasteiger partial charge in [0.05, 0.1) is 0 Å². The minimum absolute atomic E-state index is 0.107. The number of rotatable bonds is 6. The standard InChI is InChI=1S/C14H21F2N/c1-10(2)6-4-9-13(17-3)11-7-5-8-12(15)14(11)16/h5,7-8,10,13,17H,4,6,9H2,1-3H3. The van der Waals surface area contributed by atoms with Crippen molar-refractivity contribution in [3.63, 3.8) is 0 Å². The Kier molecular flexibility index (Phi) is 5.56. The first-order chi connectivity index (χ1) is 8.06. The quantitative estimate of drug-likeness (QED) is 0.792. The first kappa shape index (κ1) is 14.1. The summed E-state index contributed by atoms with van der Waals surface area (Å²) >= 11 is 0. The van der Waals surface area contributed by atoms with Crippen LogP contribution in [0.3, 0.4) is 0 Å². The molecule has 0 aromatic heterocycles. The zero-order chi connectivity index (χ0) is 12.8. The van der Waals surface area contributed by atoms with Crippen molar-refractivity contribution in [2.45, 2.75) is 39.2 Å². The maximum absolute atomic E-state index is 13.6. The van der Waals surface area contributed by atoms with Crippen LogP contribution in [0.25, 0.3) is 0 Å². The van der Waals surface area contributed by atoms with E-state index in [1.165, 1.54) is 0 Å². The number of benzene rings is 1. The molecule has 0 amide bonds. The predicted octanol–water partition coefficient (Wildman–Crippen LogP) is 4.05. The second-order valence-corrected chi connectivity index (χ2v) is 4.81. The summed E-state index contributed by atoms with van der Waals surface area (Å²) in [6.07, 6.45) is 2.95. The van der Waals surface area contributed by atoms with Crippen LogP contribution in [0.4, 0.5) is 8.78 Å². The van der Waals surface area contributed by atoms with Crippen LogP contribution in [0.15, 0.2) is 18.2 Å². The molecule has 0 heterocycles. The van der Waals surface area contributed by atoms with E-state index in [1.54, 1.807) is 19.2 Å². The van der Waals surface area contributed by atoms with Gasteiger partial charge >= 0.3 is 0 Å². The van der Waals surface area contributed by atoms with Gasteiger partial charge in [-0.2, -0.15) is 0 Å². The molecule has 0 bridgehead atoms. The third-order valence-electron chi connectivity index (χ3n) is 2.98. The third kappa shape index (κ3) is 4.08. The van der Waals surface area contributed by atoms with Crippen LogP contribution in [-0.4, -0.2) is 7.05 Å². The Labute approximate surface area is 102 Å². The van der Waals surface area contributed by atoms with Gasteiger partial charge in [0.2, 0.25) is 0 Å². The molecule has 0 aliphatic heterocycles. The number of halogens is 2. The molecule has 1 atom stereocenters. The van der Waals surface area contributed by atoms with E-state index in [2.05, 4.69) is 19.2 Å². The monoisotopic (exact) mass is 241 g/mol. The molecule has 1 unspecified atom stereocenters. The van der Waals surface area contributed by atoms with Crippen LogP contribution in [-0.2, 0) is 0 Å².